The summed E-state index contributed by atoms with van der Waals surface area (Å²) in [6.45, 7) is 5.72. The lowest BCUT2D eigenvalue weighted by Gasteiger charge is -2.39. The maximum atomic E-state index is 13.1. The summed E-state index contributed by atoms with van der Waals surface area (Å²) in [6, 6.07) is 7.50. The van der Waals surface area contributed by atoms with E-state index in [2.05, 4.69) is 21.0 Å². The van der Waals surface area contributed by atoms with Crippen LogP contribution in [0.1, 0.15) is 26.5 Å². The first-order valence-electron chi connectivity index (χ1n) is 8.50. The van der Waals surface area contributed by atoms with Gasteiger partial charge in [-0.15, -0.1) is 0 Å². The zero-order valence-corrected chi connectivity index (χ0v) is 17.0. The summed E-state index contributed by atoms with van der Waals surface area (Å²) in [4.78, 5) is 13.4. The Bertz CT molecular complexity index is 854. The molecule has 0 N–H and O–H groups in total. The molecule has 1 aliphatic heterocycles. The molecule has 3 rings (SSSR count). The van der Waals surface area contributed by atoms with E-state index in [9.17, 15) is 18.0 Å². The average Bonchev–Trinajstić information content (AvgIpc) is 2.93. The fourth-order valence-corrected chi connectivity index (χ4v) is 2.78. The molecule has 1 aromatic heterocycles. The molecule has 0 bridgehead atoms. The smallest absolute Gasteiger partial charge is 0.435 e. The molecule has 0 saturated carbocycles. The molecule has 1 amide bonds. The first-order valence-corrected chi connectivity index (χ1v) is 9.29. The van der Waals surface area contributed by atoms with E-state index < -0.39 is 29.7 Å². The largest absolute Gasteiger partial charge is 0.470 e. The van der Waals surface area contributed by atoms with Gasteiger partial charge in [0.25, 0.3) is 0 Å². The Hall–Kier alpha value is -2.23. The van der Waals surface area contributed by atoms with Gasteiger partial charge < -0.3 is 14.4 Å². The Morgan fingerprint density at radius 2 is 1.79 bits per heavy atom. The van der Waals surface area contributed by atoms with Crippen LogP contribution in [0, 0.1) is 0 Å². The topological polar surface area (TPSA) is 56.6 Å². The SMILES string of the molecule is CC(C)(C)OC(=O)N1CC(Oc2cc(C(F)(F)F)nn2-c2ccc(Br)cc2)C1. The number of carbonyl (C=O) groups excluding carboxylic acids is 1. The lowest BCUT2D eigenvalue weighted by atomic mass is 10.2. The van der Waals surface area contributed by atoms with Gasteiger partial charge >= 0.3 is 12.3 Å². The fraction of sp³-hybridized carbons (Fsp3) is 0.444. The number of carbonyl (C=O) groups is 1. The summed E-state index contributed by atoms with van der Waals surface area (Å²) in [6.07, 6.45) is -5.52. The molecule has 0 aliphatic carbocycles. The zero-order valence-electron chi connectivity index (χ0n) is 15.5. The number of benzene rings is 1. The maximum absolute atomic E-state index is 13.1. The van der Waals surface area contributed by atoms with Gasteiger partial charge in [-0.2, -0.15) is 18.3 Å². The van der Waals surface area contributed by atoms with Gasteiger partial charge in [0, 0.05) is 10.5 Å². The van der Waals surface area contributed by atoms with Crippen molar-refractivity contribution < 1.29 is 27.4 Å². The molecule has 6 nitrogen and oxygen atoms in total. The third-order valence-electron chi connectivity index (χ3n) is 3.83. The minimum atomic E-state index is -4.60. The molecule has 28 heavy (non-hydrogen) atoms. The predicted molar refractivity (Wildman–Crippen MR) is 98.5 cm³/mol. The van der Waals surface area contributed by atoms with E-state index in [0.717, 1.165) is 15.2 Å². The highest BCUT2D eigenvalue weighted by atomic mass is 79.9. The number of hydrogen-bond acceptors (Lipinski definition) is 4. The van der Waals surface area contributed by atoms with Crippen LogP contribution >= 0.6 is 15.9 Å². The highest BCUT2D eigenvalue weighted by Gasteiger charge is 2.38. The van der Waals surface area contributed by atoms with Crippen molar-refractivity contribution in [2.45, 2.75) is 38.7 Å². The number of aromatic nitrogens is 2. The van der Waals surface area contributed by atoms with Crippen LogP contribution in [-0.2, 0) is 10.9 Å². The second-order valence-electron chi connectivity index (χ2n) is 7.38. The van der Waals surface area contributed by atoms with Gasteiger partial charge in [0.05, 0.1) is 18.8 Å². The average molecular weight is 462 g/mol. The number of rotatable bonds is 3. The number of ether oxygens (including phenoxy) is 2. The zero-order chi connectivity index (χ0) is 20.7. The summed E-state index contributed by atoms with van der Waals surface area (Å²) in [7, 11) is 0. The van der Waals surface area contributed by atoms with Crippen molar-refractivity contribution in [3.8, 4) is 11.6 Å². The van der Waals surface area contributed by atoms with Gasteiger partial charge in [0.2, 0.25) is 5.88 Å². The summed E-state index contributed by atoms with van der Waals surface area (Å²) >= 11 is 3.28. The molecule has 152 valence electrons. The second kappa shape index (κ2) is 7.31. The lowest BCUT2D eigenvalue weighted by Crippen LogP contribution is -2.57. The highest BCUT2D eigenvalue weighted by molar-refractivity contribution is 9.10. The summed E-state index contributed by atoms with van der Waals surface area (Å²) in [5.74, 6) is -0.0384. The van der Waals surface area contributed by atoms with Crippen molar-refractivity contribution >= 4 is 22.0 Å². The fourth-order valence-electron chi connectivity index (χ4n) is 2.51. The summed E-state index contributed by atoms with van der Waals surface area (Å²) in [5, 5.41) is 3.64. The van der Waals surface area contributed by atoms with Gasteiger partial charge in [-0.1, -0.05) is 15.9 Å². The van der Waals surface area contributed by atoms with Gasteiger partial charge in [-0.05, 0) is 45.0 Å². The van der Waals surface area contributed by atoms with Crippen molar-refractivity contribution in [1.29, 1.82) is 0 Å². The molecular formula is C18H19BrF3N3O3. The van der Waals surface area contributed by atoms with E-state index >= 15 is 0 Å². The molecule has 10 heteroatoms. The van der Waals surface area contributed by atoms with Crippen molar-refractivity contribution in [2.24, 2.45) is 0 Å². The highest BCUT2D eigenvalue weighted by Crippen LogP contribution is 2.33. The monoisotopic (exact) mass is 461 g/mol. The number of alkyl halides is 3. The Balaban J connectivity index is 1.74. The van der Waals surface area contributed by atoms with Crippen LogP contribution < -0.4 is 4.74 Å². The van der Waals surface area contributed by atoms with Crippen LogP contribution in [0.2, 0.25) is 0 Å². The van der Waals surface area contributed by atoms with Crippen LogP contribution in [0.3, 0.4) is 0 Å². The van der Waals surface area contributed by atoms with Crippen LogP contribution in [0.4, 0.5) is 18.0 Å². The van der Waals surface area contributed by atoms with E-state index in [1.54, 1.807) is 45.0 Å². The van der Waals surface area contributed by atoms with Crippen LogP contribution in [-0.4, -0.2) is 45.6 Å². The lowest BCUT2D eigenvalue weighted by molar-refractivity contribution is -0.141. The standard InChI is InChI=1S/C18H19BrF3N3O3/c1-17(2,3)28-16(26)24-9-13(10-24)27-15-8-14(18(20,21)22)23-25(15)12-6-4-11(19)5-7-12/h4-8,13H,9-10H2,1-3H3. The minimum absolute atomic E-state index is 0.0384. The number of amides is 1. The van der Waals surface area contributed by atoms with E-state index in [-0.39, 0.29) is 19.0 Å². The summed E-state index contributed by atoms with van der Waals surface area (Å²) < 4.78 is 52.2. The van der Waals surface area contributed by atoms with Crippen molar-refractivity contribution in [1.82, 2.24) is 14.7 Å². The van der Waals surface area contributed by atoms with Crippen molar-refractivity contribution in [2.75, 3.05) is 13.1 Å². The van der Waals surface area contributed by atoms with Crippen LogP contribution in [0.5, 0.6) is 5.88 Å². The first-order chi connectivity index (χ1) is 12.9. The molecule has 1 fully saturated rings. The van der Waals surface area contributed by atoms with Crippen LogP contribution in [0.15, 0.2) is 34.8 Å². The van der Waals surface area contributed by atoms with Gasteiger partial charge in [-0.3, -0.25) is 0 Å². The molecule has 0 radical (unpaired) electrons. The van der Waals surface area contributed by atoms with Gasteiger partial charge in [0.15, 0.2) is 5.69 Å². The quantitative estimate of drug-likeness (QED) is 0.667. The van der Waals surface area contributed by atoms with E-state index in [1.165, 1.54) is 4.90 Å². The van der Waals surface area contributed by atoms with Crippen molar-refractivity contribution in [3.63, 3.8) is 0 Å². The molecule has 2 heterocycles. The normalized spacial score (nSPS) is 15.3. The molecule has 0 unspecified atom stereocenters. The van der Waals surface area contributed by atoms with Crippen LogP contribution in [0.25, 0.3) is 5.69 Å². The number of likely N-dealkylation sites (tertiary alicyclic amines) is 1. The van der Waals surface area contributed by atoms with Gasteiger partial charge in [0.1, 0.15) is 11.7 Å². The Labute approximate surface area is 168 Å². The minimum Gasteiger partial charge on any atom is -0.470 e. The number of hydrogen-bond donors (Lipinski definition) is 0. The maximum Gasteiger partial charge on any atom is 0.435 e. The third kappa shape index (κ3) is 4.78. The van der Waals surface area contributed by atoms with E-state index in [1.807, 2.05) is 0 Å². The molecule has 2 aromatic rings. The first kappa shape index (κ1) is 20.5. The third-order valence-corrected chi connectivity index (χ3v) is 4.35. The number of nitrogens with zero attached hydrogens (tertiary/aromatic N) is 3. The molecule has 1 aromatic carbocycles. The molecule has 0 spiro atoms. The van der Waals surface area contributed by atoms with E-state index in [0.29, 0.717) is 5.69 Å². The Morgan fingerprint density at radius 1 is 1.18 bits per heavy atom. The molecule has 1 aliphatic rings. The Morgan fingerprint density at radius 3 is 2.32 bits per heavy atom. The summed E-state index contributed by atoms with van der Waals surface area (Å²) in [5.41, 5.74) is -1.24. The predicted octanol–water partition coefficient (Wildman–Crippen LogP) is 4.65. The number of halogens is 4. The van der Waals surface area contributed by atoms with E-state index in [4.69, 9.17) is 9.47 Å². The molecule has 0 atom stereocenters. The molecular weight excluding hydrogens is 443 g/mol. The molecule has 1 saturated heterocycles. The second-order valence-corrected chi connectivity index (χ2v) is 8.29. The Kier molecular flexibility index (Phi) is 5.35. The van der Waals surface area contributed by atoms with Gasteiger partial charge in [-0.25, -0.2) is 9.48 Å². The van der Waals surface area contributed by atoms with Crippen molar-refractivity contribution in [3.05, 3.63) is 40.5 Å².